The number of ether oxygens (including phenoxy) is 2. The van der Waals surface area contributed by atoms with E-state index in [1.807, 2.05) is 45.0 Å². The van der Waals surface area contributed by atoms with Crippen molar-refractivity contribution in [3.05, 3.63) is 45.1 Å². The zero-order chi connectivity index (χ0) is 15.4. The van der Waals surface area contributed by atoms with Gasteiger partial charge in [-0.2, -0.15) is 0 Å². The number of rotatable bonds is 6. The molecule has 0 aliphatic heterocycles. The fourth-order valence-corrected chi connectivity index (χ4v) is 3.30. The monoisotopic (exact) mass is 306 g/mol. The number of benzene rings is 1. The van der Waals surface area contributed by atoms with Crippen LogP contribution in [-0.4, -0.2) is 18.3 Å². The van der Waals surface area contributed by atoms with Gasteiger partial charge in [-0.15, -0.1) is 11.3 Å². The van der Waals surface area contributed by atoms with Crippen LogP contribution in [0.1, 0.15) is 40.8 Å². The third-order valence-corrected chi connectivity index (χ3v) is 4.24. The normalized spacial score (nSPS) is 12.2. The van der Waals surface area contributed by atoms with Gasteiger partial charge in [0.25, 0.3) is 0 Å². The Morgan fingerprint density at radius 1 is 1.05 bits per heavy atom. The smallest absolute Gasteiger partial charge is 0.161 e. The molecular weight excluding hydrogens is 284 g/mol. The number of hydrogen-bond donors (Lipinski definition) is 1. The van der Waals surface area contributed by atoms with Crippen LogP contribution in [0.15, 0.2) is 24.3 Å². The summed E-state index contributed by atoms with van der Waals surface area (Å²) in [6.45, 7) is 9.12. The van der Waals surface area contributed by atoms with Gasteiger partial charge in [-0.1, -0.05) is 6.07 Å². The number of hydrogen-bond acceptors (Lipinski definition) is 4. The highest BCUT2D eigenvalue weighted by Gasteiger charge is 2.17. The molecule has 4 heteroatoms. The highest BCUT2D eigenvalue weighted by atomic mass is 32.1. The summed E-state index contributed by atoms with van der Waals surface area (Å²) in [5.41, 5.74) is 1.78. The largest absolute Gasteiger partial charge is 0.490 e. The van der Waals surface area contributed by atoms with E-state index < -0.39 is 6.10 Å². The topological polar surface area (TPSA) is 38.7 Å². The Hall–Kier alpha value is -1.52. The minimum Gasteiger partial charge on any atom is -0.490 e. The second-order valence-corrected chi connectivity index (χ2v) is 6.30. The van der Waals surface area contributed by atoms with Crippen molar-refractivity contribution in [2.45, 2.75) is 33.8 Å². The van der Waals surface area contributed by atoms with Gasteiger partial charge in [-0.05, 0) is 57.0 Å². The maximum atomic E-state index is 10.6. The molecule has 2 aromatic rings. The van der Waals surface area contributed by atoms with Gasteiger partial charge in [-0.25, -0.2) is 0 Å². The lowest BCUT2D eigenvalue weighted by Gasteiger charge is -2.15. The van der Waals surface area contributed by atoms with Crippen LogP contribution in [0, 0.1) is 13.8 Å². The summed E-state index contributed by atoms with van der Waals surface area (Å²) in [5, 5.41) is 10.6. The SMILES string of the molecule is CCOc1ccc(C(O)c2cc(C)sc2C)cc1OCC. The van der Waals surface area contributed by atoms with Gasteiger partial charge in [0.15, 0.2) is 11.5 Å². The van der Waals surface area contributed by atoms with E-state index in [-0.39, 0.29) is 0 Å². The van der Waals surface area contributed by atoms with Crippen LogP contribution in [-0.2, 0) is 0 Å². The molecular formula is C17H22O3S. The van der Waals surface area contributed by atoms with Crippen molar-refractivity contribution in [3.63, 3.8) is 0 Å². The molecule has 1 aromatic heterocycles. The van der Waals surface area contributed by atoms with Gasteiger partial charge in [0.2, 0.25) is 0 Å². The summed E-state index contributed by atoms with van der Waals surface area (Å²) in [6.07, 6.45) is -0.634. The van der Waals surface area contributed by atoms with Crippen molar-refractivity contribution in [2.24, 2.45) is 0 Å². The van der Waals surface area contributed by atoms with Crippen LogP contribution >= 0.6 is 11.3 Å². The molecule has 0 aliphatic carbocycles. The first kappa shape index (κ1) is 15.9. The van der Waals surface area contributed by atoms with E-state index >= 15 is 0 Å². The summed E-state index contributed by atoms with van der Waals surface area (Å²) in [6, 6.07) is 7.67. The van der Waals surface area contributed by atoms with Crippen LogP contribution < -0.4 is 9.47 Å². The second kappa shape index (κ2) is 6.96. The molecule has 1 aromatic carbocycles. The first-order chi connectivity index (χ1) is 10.1. The highest BCUT2D eigenvalue weighted by molar-refractivity contribution is 7.12. The quantitative estimate of drug-likeness (QED) is 0.867. The molecule has 3 nitrogen and oxygen atoms in total. The van der Waals surface area contributed by atoms with Crippen LogP contribution in [0.4, 0.5) is 0 Å². The Labute approximate surface area is 130 Å². The van der Waals surface area contributed by atoms with E-state index in [4.69, 9.17) is 9.47 Å². The molecule has 0 saturated heterocycles. The minimum absolute atomic E-state index is 0.566. The summed E-state index contributed by atoms with van der Waals surface area (Å²) in [7, 11) is 0. The molecule has 0 amide bonds. The van der Waals surface area contributed by atoms with E-state index in [1.54, 1.807) is 11.3 Å². The van der Waals surface area contributed by atoms with E-state index in [9.17, 15) is 5.11 Å². The van der Waals surface area contributed by atoms with Crippen molar-refractivity contribution in [1.29, 1.82) is 0 Å². The molecule has 2 rings (SSSR count). The van der Waals surface area contributed by atoms with Crippen LogP contribution in [0.2, 0.25) is 0 Å². The van der Waals surface area contributed by atoms with E-state index in [0.717, 1.165) is 16.0 Å². The summed E-state index contributed by atoms with van der Waals surface area (Å²) < 4.78 is 11.2. The van der Waals surface area contributed by atoms with Gasteiger partial charge < -0.3 is 14.6 Å². The summed E-state index contributed by atoms with van der Waals surface area (Å²) in [4.78, 5) is 2.35. The average molecular weight is 306 g/mol. The summed E-state index contributed by atoms with van der Waals surface area (Å²) >= 11 is 1.70. The predicted molar refractivity (Wildman–Crippen MR) is 86.6 cm³/mol. The van der Waals surface area contributed by atoms with Crippen molar-refractivity contribution in [2.75, 3.05) is 13.2 Å². The third-order valence-electron chi connectivity index (χ3n) is 3.26. The lowest BCUT2D eigenvalue weighted by Crippen LogP contribution is -2.03. The van der Waals surface area contributed by atoms with E-state index in [2.05, 4.69) is 6.92 Å². The van der Waals surface area contributed by atoms with Crippen LogP contribution in [0.3, 0.4) is 0 Å². The third kappa shape index (κ3) is 3.57. The first-order valence-corrected chi connectivity index (χ1v) is 8.03. The molecule has 0 saturated carbocycles. The molecule has 0 bridgehead atoms. The molecule has 1 N–H and O–H groups in total. The molecule has 114 valence electrons. The number of aryl methyl sites for hydroxylation is 2. The van der Waals surface area contributed by atoms with Gasteiger partial charge in [0, 0.05) is 9.75 Å². The van der Waals surface area contributed by atoms with Crippen molar-refractivity contribution < 1.29 is 14.6 Å². The average Bonchev–Trinajstić information content (AvgIpc) is 2.79. The number of thiophene rings is 1. The molecule has 0 fully saturated rings. The molecule has 0 spiro atoms. The number of aliphatic hydroxyl groups excluding tert-OH is 1. The Kier molecular flexibility index (Phi) is 5.26. The fraction of sp³-hybridized carbons (Fsp3) is 0.412. The van der Waals surface area contributed by atoms with Gasteiger partial charge in [0.1, 0.15) is 6.10 Å². The van der Waals surface area contributed by atoms with Crippen molar-refractivity contribution >= 4 is 11.3 Å². The zero-order valence-corrected chi connectivity index (χ0v) is 13.8. The van der Waals surface area contributed by atoms with Gasteiger partial charge in [-0.3, -0.25) is 0 Å². The zero-order valence-electron chi connectivity index (χ0n) is 13.0. The maximum absolute atomic E-state index is 10.6. The molecule has 0 aliphatic rings. The Morgan fingerprint density at radius 2 is 1.71 bits per heavy atom. The van der Waals surface area contributed by atoms with Gasteiger partial charge >= 0.3 is 0 Å². The highest BCUT2D eigenvalue weighted by Crippen LogP contribution is 2.35. The Balaban J connectivity index is 2.35. The van der Waals surface area contributed by atoms with E-state index in [1.165, 1.54) is 4.88 Å². The molecule has 0 radical (unpaired) electrons. The van der Waals surface area contributed by atoms with Crippen LogP contribution in [0.5, 0.6) is 11.5 Å². The predicted octanol–water partition coefficient (Wildman–Crippen LogP) is 4.24. The number of aliphatic hydroxyl groups is 1. The molecule has 1 atom stereocenters. The van der Waals surface area contributed by atoms with Crippen LogP contribution in [0.25, 0.3) is 0 Å². The lowest BCUT2D eigenvalue weighted by atomic mass is 10.0. The molecule has 21 heavy (non-hydrogen) atoms. The Bertz CT molecular complexity index is 604. The molecule has 1 unspecified atom stereocenters. The maximum Gasteiger partial charge on any atom is 0.161 e. The first-order valence-electron chi connectivity index (χ1n) is 7.21. The van der Waals surface area contributed by atoms with Crippen molar-refractivity contribution in [1.82, 2.24) is 0 Å². The lowest BCUT2D eigenvalue weighted by molar-refractivity contribution is 0.218. The van der Waals surface area contributed by atoms with Crippen molar-refractivity contribution in [3.8, 4) is 11.5 Å². The Morgan fingerprint density at radius 3 is 2.29 bits per heavy atom. The summed E-state index contributed by atoms with van der Waals surface area (Å²) in [5.74, 6) is 1.40. The molecule has 1 heterocycles. The minimum atomic E-state index is -0.634. The van der Waals surface area contributed by atoms with Gasteiger partial charge in [0.05, 0.1) is 13.2 Å². The fourth-order valence-electron chi connectivity index (χ4n) is 2.34. The second-order valence-electron chi connectivity index (χ2n) is 4.84. The van der Waals surface area contributed by atoms with E-state index in [0.29, 0.717) is 24.7 Å². The standard InChI is InChI=1S/C17H22O3S/c1-5-19-15-8-7-13(10-16(15)20-6-2)17(18)14-9-11(3)21-12(14)4/h7-10,17-18H,5-6H2,1-4H3.